The largest absolute Gasteiger partial charge is 0.417 e. The van der Waals surface area contributed by atoms with E-state index in [1.54, 1.807) is 0 Å². The molecule has 1 aromatic carbocycles. The number of nitrogens with zero attached hydrogens (tertiary/aromatic N) is 2. The van der Waals surface area contributed by atoms with Gasteiger partial charge in [-0.05, 0) is 30.9 Å². The average molecular weight is 283 g/mol. The molecule has 0 aliphatic heterocycles. The molecule has 1 atom stereocenters. The molecule has 3 rings (SSSR count). The first-order valence-electron chi connectivity index (χ1n) is 6.22. The molecule has 2 aromatic rings. The molecule has 1 heterocycles. The summed E-state index contributed by atoms with van der Waals surface area (Å²) in [6.45, 7) is 0. The zero-order valence-corrected chi connectivity index (χ0v) is 10.4. The Morgan fingerprint density at radius 2 is 1.95 bits per heavy atom. The van der Waals surface area contributed by atoms with Crippen LogP contribution in [0.25, 0.3) is 11.5 Å². The molecule has 0 amide bonds. The van der Waals surface area contributed by atoms with Gasteiger partial charge in [-0.2, -0.15) is 18.2 Å². The zero-order chi connectivity index (χ0) is 14.3. The van der Waals surface area contributed by atoms with Gasteiger partial charge in [0.2, 0.25) is 0 Å². The van der Waals surface area contributed by atoms with Crippen LogP contribution in [0.15, 0.2) is 28.8 Å². The molecule has 0 spiro atoms. The lowest BCUT2D eigenvalue weighted by Gasteiger charge is -2.09. The Balaban J connectivity index is 1.97. The highest BCUT2D eigenvalue weighted by Crippen LogP contribution is 2.40. The molecule has 1 aliphatic carbocycles. The van der Waals surface area contributed by atoms with Crippen molar-refractivity contribution in [1.29, 1.82) is 0 Å². The highest BCUT2D eigenvalue weighted by molar-refractivity contribution is 5.59. The van der Waals surface area contributed by atoms with Crippen LogP contribution in [0.1, 0.15) is 30.3 Å². The summed E-state index contributed by atoms with van der Waals surface area (Å²) >= 11 is 0. The summed E-state index contributed by atoms with van der Waals surface area (Å²) in [5, 5.41) is 3.70. The van der Waals surface area contributed by atoms with Gasteiger partial charge in [0, 0.05) is 0 Å². The predicted molar refractivity (Wildman–Crippen MR) is 64.4 cm³/mol. The molecule has 7 heteroatoms. The van der Waals surface area contributed by atoms with Gasteiger partial charge >= 0.3 is 6.18 Å². The molecule has 20 heavy (non-hydrogen) atoms. The molecular formula is C13H12F3N3O. The quantitative estimate of drug-likeness (QED) is 0.939. The topological polar surface area (TPSA) is 64.9 Å². The first-order chi connectivity index (χ1) is 9.47. The summed E-state index contributed by atoms with van der Waals surface area (Å²) in [6.07, 6.45) is -2.49. The highest BCUT2D eigenvalue weighted by Gasteiger charge is 2.36. The lowest BCUT2D eigenvalue weighted by molar-refractivity contribution is -0.137. The van der Waals surface area contributed by atoms with E-state index in [4.69, 9.17) is 10.3 Å². The maximum atomic E-state index is 12.9. The summed E-state index contributed by atoms with van der Waals surface area (Å²) in [5.41, 5.74) is 4.99. The second kappa shape index (κ2) is 4.59. The number of aromatic nitrogens is 2. The molecule has 4 nitrogen and oxygen atoms in total. The Labute approximate surface area is 112 Å². The molecule has 1 unspecified atom stereocenters. The van der Waals surface area contributed by atoms with E-state index in [0.29, 0.717) is 5.92 Å². The van der Waals surface area contributed by atoms with E-state index in [0.717, 1.165) is 18.9 Å². The van der Waals surface area contributed by atoms with Gasteiger partial charge in [0.25, 0.3) is 5.89 Å². The third-order valence-electron chi connectivity index (χ3n) is 3.33. The molecule has 0 saturated heterocycles. The second-order valence-corrected chi connectivity index (χ2v) is 4.86. The fraction of sp³-hybridized carbons (Fsp3) is 0.385. The molecule has 1 saturated carbocycles. The first kappa shape index (κ1) is 13.1. The van der Waals surface area contributed by atoms with E-state index in [1.807, 2.05) is 0 Å². The average Bonchev–Trinajstić information content (AvgIpc) is 3.14. The van der Waals surface area contributed by atoms with Gasteiger partial charge < -0.3 is 10.3 Å². The van der Waals surface area contributed by atoms with E-state index < -0.39 is 11.7 Å². The number of hydrogen-bond acceptors (Lipinski definition) is 4. The third-order valence-corrected chi connectivity index (χ3v) is 3.33. The third kappa shape index (κ3) is 2.40. The number of benzene rings is 1. The van der Waals surface area contributed by atoms with Gasteiger partial charge in [-0.15, -0.1) is 0 Å². The summed E-state index contributed by atoms with van der Waals surface area (Å²) in [6, 6.07) is 4.74. The van der Waals surface area contributed by atoms with E-state index in [2.05, 4.69) is 10.1 Å². The normalized spacial score (nSPS) is 17.2. The Bertz CT molecular complexity index is 619. The van der Waals surface area contributed by atoms with Crippen molar-refractivity contribution >= 4 is 0 Å². The van der Waals surface area contributed by atoms with Crippen LogP contribution in [-0.4, -0.2) is 10.1 Å². The SMILES string of the molecule is NC(c1noc(-c2ccccc2C(F)(F)F)n1)C1CC1. The lowest BCUT2D eigenvalue weighted by atomic mass is 10.1. The maximum absolute atomic E-state index is 12.9. The van der Waals surface area contributed by atoms with Crippen LogP contribution in [0.2, 0.25) is 0 Å². The van der Waals surface area contributed by atoms with Gasteiger partial charge in [-0.25, -0.2) is 0 Å². The van der Waals surface area contributed by atoms with Gasteiger partial charge in [0.1, 0.15) is 0 Å². The molecule has 0 radical (unpaired) electrons. The van der Waals surface area contributed by atoms with Crippen LogP contribution >= 0.6 is 0 Å². The molecule has 1 fully saturated rings. The number of rotatable bonds is 3. The van der Waals surface area contributed by atoms with Gasteiger partial charge in [-0.1, -0.05) is 17.3 Å². The smallest absolute Gasteiger partial charge is 0.334 e. The van der Waals surface area contributed by atoms with Crippen molar-refractivity contribution in [3.8, 4) is 11.5 Å². The summed E-state index contributed by atoms with van der Waals surface area (Å²) in [5.74, 6) is 0.418. The Hall–Kier alpha value is -1.89. The van der Waals surface area contributed by atoms with Crippen molar-refractivity contribution in [2.24, 2.45) is 11.7 Å². The fourth-order valence-electron chi connectivity index (χ4n) is 2.06. The monoisotopic (exact) mass is 283 g/mol. The van der Waals surface area contributed by atoms with Crippen molar-refractivity contribution in [1.82, 2.24) is 10.1 Å². The van der Waals surface area contributed by atoms with Crippen molar-refractivity contribution in [2.75, 3.05) is 0 Å². The van der Waals surface area contributed by atoms with E-state index in [1.165, 1.54) is 18.2 Å². The fourth-order valence-corrected chi connectivity index (χ4v) is 2.06. The van der Waals surface area contributed by atoms with Crippen LogP contribution in [-0.2, 0) is 6.18 Å². The summed E-state index contributed by atoms with van der Waals surface area (Å²) in [7, 11) is 0. The van der Waals surface area contributed by atoms with Crippen LogP contribution in [0, 0.1) is 5.92 Å². The minimum absolute atomic E-state index is 0.123. The van der Waals surface area contributed by atoms with Crippen molar-refractivity contribution in [2.45, 2.75) is 25.1 Å². The number of nitrogens with two attached hydrogens (primary N) is 1. The van der Waals surface area contributed by atoms with Crippen LogP contribution in [0.5, 0.6) is 0 Å². The van der Waals surface area contributed by atoms with Gasteiger partial charge in [-0.3, -0.25) is 0 Å². The number of alkyl halides is 3. The number of hydrogen-bond donors (Lipinski definition) is 1. The second-order valence-electron chi connectivity index (χ2n) is 4.86. The first-order valence-corrected chi connectivity index (χ1v) is 6.22. The van der Waals surface area contributed by atoms with Crippen LogP contribution < -0.4 is 5.73 Å². The molecule has 2 N–H and O–H groups in total. The summed E-state index contributed by atoms with van der Waals surface area (Å²) in [4.78, 5) is 4.01. The van der Waals surface area contributed by atoms with Crippen LogP contribution in [0.4, 0.5) is 13.2 Å². The van der Waals surface area contributed by atoms with Crippen molar-refractivity contribution in [3.63, 3.8) is 0 Å². The van der Waals surface area contributed by atoms with Crippen molar-refractivity contribution < 1.29 is 17.7 Å². The Morgan fingerprint density at radius 3 is 2.60 bits per heavy atom. The number of halogens is 3. The molecule has 1 aliphatic rings. The van der Waals surface area contributed by atoms with Gasteiger partial charge in [0.15, 0.2) is 5.82 Å². The van der Waals surface area contributed by atoms with Crippen molar-refractivity contribution in [3.05, 3.63) is 35.7 Å². The molecular weight excluding hydrogens is 271 g/mol. The zero-order valence-electron chi connectivity index (χ0n) is 10.4. The maximum Gasteiger partial charge on any atom is 0.417 e. The lowest BCUT2D eigenvalue weighted by Crippen LogP contribution is -2.14. The minimum atomic E-state index is -4.47. The Kier molecular flexibility index (Phi) is 3.01. The standard InChI is InChI=1S/C13H12F3N3O/c14-13(15,16)9-4-2-1-3-8(9)12-18-11(19-20-12)10(17)7-5-6-7/h1-4,7,10H,5-6,17H2. The van der Waals surface area contributed by atoms with E-state index in [-0.39, 0.29) is 23.3 Å². The molecule has 0 bridgehead atoms. The van der Waals surface area contributed by atoms with Crippen LogP contribution in [0.3, 0.4) is 0 Å². The van der Waals surface area contributed by atoms with E-state index >= 15 is 0 Å². The van der Waals surface area contributed by atoms with Gasteiger partial charge in [0.05, 0.1) is 17.2 Å². The van der Waals surface area contributed by atoms with E-state index in [9.17, 15) is 13.2 Å². The Morgan fingerprint density at radius 1 is 1.25 bits per heavy atom. The highest BCUT2D eigenvalue weighted by atomic mass is 19.4. The molecule has 1 aromatic heterocycles. The minimum Gasteiger partial charge on any atom is -0.334 e. The summed E-state index contributed by atoms with van der Waals surface area (Å²) < 4.78 is 43.7. The molecule has 106 valence electrons. The predicted octanol–water partition coefficient (Wildman–Crippen LogP) is 3.17.